The van der Waals surface area contributed by atoms with E-state index in [0.29, 0.717) is 5.92 Å². The summed E-state index contributed by atoms with van der Waals surface area (Å²) in [5.41, 5.74) is 0. The second-order valence-corrected chi connectivity index (χ2v) is 5.38. The fourth-order valence-electron chi connectivity index (χ4n) is 2.57. The summed E-state index contributed by atoms with van der Waals surface area (Å²) < 4.78 is 4.96. The first-order valence-corrected chi connectivity index (χ1v) is 7.49. The molecule has 6 heteroatoms. The SMILES string of the molecule is CCN(CC(=O)NC(=O)c1ccco1)CC1CCNCC1. The van der Waals surface area contributed by atoms with Crippen LogP contribution in [0.1, 0.15) is 30.3 Å². The van der Waals surface area contributed by atoms with Crippen LogP contribution in [0.15, 0.2) is 22.8 Å². The molecule has 0 aromatic carbocycles. The molecule has 0 radical (unpaired) electrons. The number of amides is 2. The predicted octanol–water partition coefficient (Wildman–Crippen LogP) is 0.857. The molecule has 0 aliphatic carbocycles. The highest BCUT2D eigenvalue weighted by atomic mass is 16.3. The van der Waals surface area contributed by atoms with E-state index < -0.39 is 5.91 Å². The zero-order chi connectivity index (χ0) is 15.1. The number of piperidine rings is 1. The van der Waals surface area contributed by atoms with Crippen LogP contribution >= 0.6 is 0 Å². The molecule has 1 aromatic heterocycles. The van der Waals surface area contributed by atoms with Crippen molar-refractivity contribution in [2.24, 2.45) is 5.92 Å². The zero-order valence-corrected chi connectivity index (χ0v) is 12.4. The summed E-state index contributed by atoms with van der Waals surface area (Å²) in [5.74, 6) is 0.0135. The van der Waals surface area contributed by atoms with Crippen LogP contribution in [0.3, 0.4) is 0 Å². The Morgan fingerprint density at radius 3 is 2.81 bits per heavy atom. The summed E-state index contributed by atoms with van der Waals surface area (Å²) in [6.07, 6.45) is 3.70. The number of carbonyl (C=O) groups excluding carboxylic acids is 2. The molecule has 2 amide bonds. The molecule has 0 bridgehead atoms. The van der Waals surface area contributed by atoms with Gasteiger partial charge in [-0.3, -0.25) is 19.8 Å². The highest BCUT2D eigenvalue weighted by molar-refractivity contribution is 6.03. The monoisotopic (exact) mass is 293 g/mol. The van der Waals surface area contributed by atoms with E-state index in [2.05, 4.69) is 15.5 Å². The largest absolute Gasteiger partial charge is 0.459 e. The van der Waals surface area contributed by atoms with Gasteiger partial charge in [-0.25, -0.2) is 0 Å². The third-order valence-electron chi connectivity index (χ3n) is 3.79. The number of hydrogen-bond donors (Lipinski definition) is 2. The van der Waals surface area contributed by atoms with Crippen LogP contribution in [0.25, 0.3) is 0 Å². The van der Waals surface area contributed by atoms with Crippen LogP contribution < -0.4 is 10.6 Å². The van der Waals surface area contributed by atoms with Crippen molar-refractivity contribution in [3.05, 3.63) is 24.2 Å². The lowest BCUT2D eigenvalue weighted by Gasteiger charge is -2.28. The van der Waals surface area contributed by atoms with E-state index in [1.807, 2.05) is 6.92 Å². The fraction of sp³-hybridized carbons (Fsp3) is 0.600. The van der Waals surface area contributed by atoms with Crippen LogP contribution in [0.2, 0.25) is 0 Å². The first-order valence-electron chi connectivity index (χ1n) is 7.49. The van der Waals surface area contributed by atoms with Crippen molar-refractivity contribution >= 4 is 11.8 Å². The fourth-order valence-corrected chi connectivity index (χ4v) is 2.57. The van der Waals surface area contributed by atoms with Crippen molar-refractivity contribution in [2.45, 2.75) is 19.8 Å². The lowest BCUT2D eigenvalue weighted by Crippen LogP contribution is -2.43. The molecule has 0 spiro atoms. The molecule has 1 aliphatic rings. The maximum absolute atomic E-state index is 11.9. The van der Waals surface area contributed by atoms with E-state index in [9.17, 15) is 9.59 Å². The maximum Gasteiger partial charge on any atom is 0.293 e. The van der Waals surface area contributed by atoms with E-state index in [-0.39, 0.29) is 18.2 Å². The maximum atomic E-state index is 11.9. The minimum atomic E-state index is -0.483. The van der Waals surface area contributed by atoms with Crippen molar-refractivity contribution in [1.29, 1.82) is 0 Å². The number of furan rings is 1. The van der Waals surface area contributed by atoms with Gasteiger partial charge in [-0.2, -0.15) is 0 Å². The molecule has 1 fully saturated rings. The molecule has 0 unspecified atom stereocenters. The standard InChI is InChI=1S/C15H23N3O3/c1-2-18(10-12-5-7-16-8-6-12)11-14(19)17-15(20)13-4-3-9-21-13/h3-4,9,12,16H,2,5-8,10-11H2,1H3,(H,17,19,20). The number of nitrogens with zero attached hydrogens (tertiary/aromatic N) is 1. The van der Waals surface area contributed by atoms with Crippen LogP contribution in [-0.2, 0) is 4.79 Å². The molecule has 0 saturated carbocycles. The summed E-state index contributed by atoms with van der Waals surface area (Å²) in [4.78, 5) is 25.7. The average molecular weight is 293 g/mol. The molecule has 1 saturated heterocycles. The third kappa shape index (κ3) is 4.99. The Kier molecular flexibility index (Phi) is 5.95. The summed E-state index contributed by atoms with van der Waals surface area (Å²) >= 11 is 0. The summed E-state index contributed by atoms with van der Waals surface area (Å²) in [6, 6.07) is 3.16. The highest BCUT2D eigenvalue weighted by Gasteiger charge is 2.19. The van der Waals surface area contributed by atoms with Gasteiger partial charge in [0.05, 0.1) is 12.8 Å². The second-order valence-electron chi connectivity index (χ2n) is 5.38. The van der Waals surface area contributed by atoms with E-state index in [1.54, 1.807) is 6.07 Å². The van der Waals surface area contributed by atoms with Gasteiger partial charge in [0.1, 0.15) is 0 Å². The van der Waals surface area contributed by atoms with E-state index in [0.717, 1.165) is 39.0 Å². The van der Waals surface area contributed by atoms with Gasteiger partial charge >= 0.3 is 0 Å². The van der Waals surface area contributed by atoms with Gasteiger partial charge in [-0.05, 0) is 50.5 Å². The summed E-state index contributed by atoms with van der Waals surface area (Å²) in [7, 11) is 0. The highest BCUT2D eigenvalue weighted by Crippen LogP contribution is 2.13. The third-order valence-corrected chi connectivity index (χ3v) is 3.79. The van der Waals surface area contributed by atoms with Crippen LogP contribution in [0.4, 0.5) is 0 Å². The molecule has 6 nitrogen and oxygen atoms in total. The Labute approximate surface area is 124 Å². The van der Waals surface area contributed by atoms with Crippen LogP contribution in [-0.4, -0.2) is 49.4 Å². The van der Waals surface area contributed by atoms with E-state index in [4.69, 9.17) is 4.42 Å². The normalized spacial score (nSPS) is 16.1. The number of hydrogen-bond acceptors (Lipinski definition) is 5. The number of likely N-dealkylation sites (N-methyl/N-ethyl adjacent to an activating group) is 1. The Morgan fingerprint density at radius 2 is 2.19 bits per heavy atom. The summed E-state index contributed by atoms with van der Waals surface area (Å²) in [6.45, 7) is 6.07. The van der Waals surface area contributed by atoms with Crippen LogP contribution in [0.5, 0.6) is 0 Å². The van der Waals surface area contributed by atoms with Gasteiger partial charge in [-0.1, -0.05) is 6.92 Å². The first-order chi connectivity index (χ1) is 10.2. The molecule has 2 N–H and O–H groups in total. The van der Waals surface area contributed by atoms with Crippen LogP contribution in [0, 0.1) is 5.92 Å². The Hall–Kier alpha value is -1.66. The van der Waals surface area contributed by atoms with Gasteiger partial charge < -0.3 is 9.73 Å². The second kappa shape index (κ2) is 7.95. The van der Waals surface area contributed by atoms with Gasteiger partial charge in [-0.15, -0.1) is 0 Å². The Balaban J connectivity index is 1.77. The smallest absolute Gasteiger partial charge is 0.293 e. The number of nitrogens with one attached hydrogen (secondary N) is 2. The van der Waals surface area contributed by atoms with Crippen molar-refractivity contribution in [1.82, 2.24) is 15.5 Å². The van der Waals surface area contributed by atoms with Gasteiger partial charge in [0.2, 0.25) is 5.91 Å². The topological polar surface area (TPSA) is 74.6 Å². The van der Waals surface area contributed by atoms with Crippen molar-refractivity contribution < 1.29 is 14.0 Å². The number of imide groups is 1. The number of rotatable bonds is 6. The van der Waals surface area contributed by atoms with Crippen molar-refractivity contribution in [2.75, 3.05) is 32.7 Å². The summed E-state index contributed by atoms with van der Waals surface area (Å²) in [5, 5.41) is 5.69. The average Bonchev–Trinajstić information content (AvgIpc) is 3.02. The molecular formula is C15H23N3O3. The van der Waals surface area contributed by atoms with Gasteiger partial charge in [0.25, 0.3) is 5.91 Å². The Bertz CT molecular complexity index is 453. The molecule has 1 aromatic rings. The first kappa shape index (κ1) is 15.7. The van der Waals surface area contributed by atoms with E-state index >= 15 is 0 Å². The molecule has 2 rings (SSSR count). The molecule has 0 atom stereocenters. The lowest BCUT2D eigenvalue weighted by atomic mass is 9.97. The quantitative estimate of drug-likeness (QED) is 0.813. The predicted molar refractivity (Wildman–Crippen MR) is 78.9 cm³/mol. The Morgan fingerprint density at radius 1 is 1.43 bits per heavy atom. The zero-order valence-electron chi connectivity index (χ0n) is 12.4. The molecular weight excluding hydrogens is 270 g/mol. The molecule has 116 valence electrons. The minimum Gasteiger partial charge on any atom is -0.459 e. The number of carbonyl (C=O) groups is 2. The molecule has 21 heavy (non-hydrogen) atoms. The van der Waals surface area contributed by atoms with E-state index in [1.165, 1.54) is 12.3 Å². The molecule has 1 aliphatic heterocycles. The van der Waals surface area contributed by atoms with Gasteiger partial charge in [0.15, 0.2) is 5.76 Å². The van der Waals surface area contributed by atoms with Gasteiger partial charge in [0, 0.05) is 6.54 Å². The van der Waals surface area contributed by atoms with Crippen molar-refractivity contribution in [3.63, 3.8) is 0 Å². The molecule has 2 heterocycles. The lowest BCUT2D eigenvalue weighted by molar-refractivity contribution is -0.121. The minimum absolute atomic E-state index is 0.157. The van der Waals surface area contributed by atoms with Crippen molar-refractivity contribution in [3.8, 4) is 0 Å².